The van der Waals surface area contributed by atoms with Gasteiger partial charge in [-0.1, -0.05) is 92.6 Å². The second-order valence-corrected chi connectivity index (χ2v) is 8.09. The Hall–Kier alpha value is -3.01. The third-order valence-electron chi connectivity index (χ3n) is 5.97. The first-order valence-corrected chi connectivity index (χ1v) is 10.6. The number of hydrogen-bond acceptors (Lipinski definition) is 1. The topological polar surface area (TPSA) is 9.23 Å². The first-order valence-electron chi connectivity index (χ1n) is 10.6. The molecule has 0 aromatic heterocycles. The number of halogens is 3. The molecule has 3 aromatic carbocycles. The first kappa shape index (κ1) is 21.2. The second-order valence-electron chi connectivity index (χ2n) is 8.09. The first-order chi connectivity index (χ1) is 14.9. The molecule has 0 heterocycles. The van der Waals surface area contributed by atoms with Gasteiger partial charge in [-0.2, -0.15) is 0 Å². The molecule has 1 aliphatic rings. The van der Waals surface area contributed by atoms with Crippen LogP contribution in [0.4, 0.5) is 13.2 Å². The Bertz CT molecular complexity index is 1110. The van der Waals surface area contributed by atoms with Crippen molar-refractivity contribution in [2.75, 3.05) is 0 Å². The van der Waals surface area contributed by atoms with Crippen molar-refractivity contribution >= 4 is 16.3 Å². The maximum absolute atomic E-state index is 12.5. The van der Waals surface area contributed by atoms with Crippen molar-refractivity contribution in [2.24, 2.45) is 0 Å². The van der Waals surface area contributed by atoms with Crippen molar-refractivity contribution in [1.82, 2.24) is 0 Å². The molecule has 1 atom stereocenters. The van der Waals surface area contributed by atoms with E-state index in [1.54, 1.807) is 6.07 Å². The van der Waals surface area contributed by atoms with Crippen LogP contribution in [0.25, 0.3) is 16.3 Å². The zero-order valence-electron chi connectivity index (χ0n) is 17.5. The van der Waals surface area contributed by atoms with Gasteiger partial charge in [0.25, 0.3) is 0 Å². The van der Waals surface area contributed by atoms with E-state index in [-0.39, 0.29) is 11.2 Å². The highest BCUT2D eigenvalue weighted by Crippen LogP contribution is 2.41. The molecule has 0 saturated heterocycles. The molecule has 0 spiro atoms. The molecular formula is C27H25F3O. The predicted octanol–water partition coefficient (Wildman–Crippen LogP) is 8.21. The van der Waals surface area contributed by atoms with E-state index in [0.717, 1.165) is 36.5 Å². The van der Waals surface area contributed by atoms with Crippen LogP contribution in [0.5, 0.6) is 5.75 Å². The monoisotopic (exact) mass is 422 g/mol. The number of fused-ring (bicyclic) bond motifs is 1. The molecule has 1 unspecified atom stereocenters. The summed E-state index contributed by atoms with van der Waals surface area (Å²) in [5.41, 5.74) is 3.52. The van der Waals surface area contributed by atoms with Crippen molar-refractivity contribution in [3.63, 3.8) is 0 Å². The van der Waals surface area contributed by atoms with Crippen LogP contribution >= 0.6 is 0 Å². The highest BCUT2D eigenvalue weighted by Gasteiger charge is 2.32. The van der Waals surface area contributed by atoms with E-state index < -0.39 is 6.36 Å². The number of rotatable bonds is 6. The van der Waals surface area contributed by atoms with Gasteiger partial charge in [-0.3, -0.25) is 0 Å². The number of hydrogen-bond donors (Lipinski definition) is 0. The van der Waals surface area contributed by atoms with Crippen LogP contribution < -0.4 is 4.74 Å². The summed E-state index contributed by atoms with van der Waals surface area (Å²) in [4.78, 5) is 0. The summed E-state index contributed by atoms with van der Waals surface area (Å²) in [5.74, 6) is -0.193. The highest BCUT2D eigenvalue weighted by atomic mass is 19.4. The number of unbranched alkanes of at least 4 members (excludes halogenated alkanes) is 1. The Balaban J connectivity index is 1.66. The maximum atomic E-state index is 12.5. The van der Waals surface area contributed by atoms with E-state index in [9.17, 15) is 13.2 Å². The van der Waals surface area contributed by atoms with Gasteiger partial charge in [0.2, 0.25) is 0 Å². The van der Waals surface area contributed by atoms with E-state index in [2.05, 4.69) is 48.1 Å². The molecule has 4 heteroatoms. The predicted molar refractivity (Wildman–Crippen MR) is 120 cm³/mol. The molecule has 0 N–H and O–H groups in total. The van der Waals surface area contributed by atoms with E-state index in [0.29, 0.717) is 0 Å². The van der Waals surface area contributed by atoms with Crippen LogP contribution in [-0.2, 0) is 5.41 Å². The third kappa shape index (κ3) is 4.84. The molecular weight excluding hydrogens is 397 g/mol. The van der Waals surface area contributed by atoms with E-state index in [1.165, 1.54) is 28.8 Å². The van der Waals surface area contributed by atoms with Crippen molar-refractivity contribution < 1.29 is 17.9 Å². The van der Waals surface area contributed by atoms with Crippen LogP contribution in [0.1, 0.15) is 43.7 Å². The fraction of sp³-hybridized carbons (Fsp3) is 0.259. The van der Waals surface area contributed by atoms with E-state index in [1.807, 2.05) is 30.3 Å². The SMILES string of the molecule is CCCCC1(c2ccc3cc(OC(F)(F)F)ccc3c2)C=CC(c2ccccc2)=CC1. The van der Waals surface area contributed by atoms with Gasteiger partial charge in [0, 0.05) is 5.41 Å². The molecule has 0 aliphatic heterocycles. The summed E-state index contributed by atoms with van der Waals surface area (Å²) < 4.78 is 41.7. The number of allylic oxidation sites excluding steroid dienone is 4. The third-order valence-corrected chi connectivity index (χ3v) is 5.97. The molecule has 4 rings (SSSR count). The zero-order chi connectivity index (χ0) is 21.9. The fourth-order valence-electron chi connectivity index (χ4n) is 4.29. The van der Waals surface area contributed by atoms with Gasteiger partial charge in [0.15, 0.2) is 0 Å². The molecule has 1 nitrogen and oxygen atoms in total. The zero-order valence-corrected chi connectivity index (χ0v) is 17.5. The highest BCUT2D eigenvalue weighted by molar-refractivity contribution is 5.85. The van der Waals surface area contributed by atoms with Gasteiger partial charge >= 0.3 is 6.36 Å². The summed E-state index contributed by atoms with van der Waals surface area (Å²) in [7, 11) is 0. The molecule has 1 aliphatic carbocycles. The Kier molecular flexibility index (Phi) is 5.90. The Morgan fingerprint density at radius 1 is 0.935 bits per heavy atom. The number of alkyl halides is 3. The molecule has 0 bridgehead atoms. The van der Waals surface area contributed by atoms with Gasteiger partial charge < -0.3 is 4.74 Å². The van der Waals surface area contributed by atoms with Crippen LogP contribution in [0.2, 0.25) is 0 Å². The minimum absolute atomic E-state index is 0.108. The minimum atomic E-state index is -4.69. The number of benzene rings is 3. The quantitative estimate of drug-likeness (QED) is 0.389. The van der Waals surface area contributed by atoms with Gasteiger partial charge in [0.1, 0.15) is 5.75 Å². The van der Waals surface area contributed by atoms with Crippen molar-refractivity contribution in [2.45, 2.75) is 44.4 Å². The van der Waals surface area contributed by atoms with Gasteiger partial charge in [-0.25, -0.2) is 0 Å². The second kappa shape index (κ2) is 8.62. The Morgan fingerprint density at radius 3 is 2.35 bits per heavy atom. The molecule has 3 aromatic rings. The van der Waals surface area contributed by atoms with Gasteiger partial charge in [-0.15, -0.1) is 13.2 Å². The van der Waals surface area contributed by atoms with Crippen LogP contribution in [0.15, 0.2) is 85.0 Å². The summed E-state index contributed by atoms with van der Waals surface area (Å²) in [5, 5.41) is 1.64. The summed E-state index contributed by atoms with van der Waals surface area (Å²) in [6.45, 7) is 2.19. The average Bonchev–Trinajstić information content (AvgIpc) is 2.77. The standard InChI is InChI=1S/C27H25F3O/c1-2-3-15-26(16-13-21(14-17-26)20-7-5-4-6-8-20)24-11-9-23-19-25(31-27(28,29)30)12-10-22(23)18-24/h4-14,16,18-19H,2-3,15,17H2,1H3. The lowest BCUT2D eigenvalue weighted by atomic mass is 9.70. The smallest absolute Gasteiger partial charge is 0.406 e. The maximum Gasteiger partial charge on any atom is 0.573 e. The van der Waals surface area contributed by atoms with Crippen molar-refractivity contribution in [3.8, 4) is 5.75 Å². The lowest BCUT2D eigenvalue weighted by Crippen LogP contribution is -2.24. The normalized spacial score (nSPS) is 18.8. The van der Waals surface area contributed by atoms with Crippen LogP contribution in [0.3, 0.4) is 0 Å². The van der Waals surface area contributed by atoms with Gasteiger partial charge in [-0.05, 0) is 52.4 Å². The Labute approximate surface area is 180 Å². The molecule has 31 heavy (non-hydrogen) atoms. The summed E-state index contributed by atoms with van der Waals surface area (Å²) in [6, 6.07) is 20.9. The molecule has 160 valence electrons. The minimum Gasteiger partial charge on any atom is -0.406 e. The summed E-state index contributed by atoms with van der Waals surface area (Å²) >= 11 is 0. The van der Waals surface area contributed by atoms with Crippen LogP contribution in [-0.4, -0.2) is 6.36 Å². The van der Waals surface area contributed by atoms with E-state index >= 15 is 0 Å². The molecule has 0 fully saturated rings. The molecule has 0 amide bonds. The summed E-state index contributed by atoms with van der Waals surface area (Å²) in [6.07, 6.45) is 6.27. The Morgan fingerprint density at radius 2 is 1.68 bits per heavy atom. The largest absolute Gasteiger partial charge is 0.573 e. The fourth-order valence-corrected chi connectivity index (χ4v) is 4.29. The average molecular weight is 422 g/mol. The number of ether oxygens (including phenoxy) is 1. The molecule has 0 saturated carbocycles. The molecule has 0 radical (unpaired) electrons. The lowest BCUT2D eigenvalue weighted by Gasteiger charge is -2.33. The van der Waals surface area contributed by atoms with E-state index in [4.69, 9.17) is 0 Å². The lowest BCUT2D eigenvalue weighted by molar-refractivity contribution is -0.274. The van der Waals surface area contributed by atoms with Crippen LogP contribution in [0, 0.1) is 0 Å². The van der Waals surface area contributed by atoms with Crippen molar-refractivity contribution in [3.05, 3.63) is 96.1 Å². The van der Waals surface area contributed by atoms with Crippen molar-refractivity contribution in [1.29, 1.82) is 0 Å². The van der Waals surface area contributed by atoms with Gasteiger partial charge in [0.05, 0.1) is 0 Å².